The van der Waals surface area contributed by atoms with E-state index in [0.29, 0.717) is 24.0 Å². The number of benzene rings is 1. The van der Waals surface area contributed by atoms with Crippen molar-refractivity contribution in [3.05, 3.63) is 47.3 Å². The molecule has 0 bridgehead atoms. The second kappa shape index (κ2) is 5.84. The molecule has 0 aliphatic carbocycles. The average Bonchev–Trinajstić information content (AvgIpc) is 2.53. The number of carbonyl (C=O) groups is 1. The average molecular weight is 310 g/mol. The molecule has 0 radical (unpaired) electrons. The van der Waals surface area contributed by atoms with Crippen LogP contribution >= 0.6 is 0 Å². The van der Waals surface area contributed by atoms with Gasteiger partial charge in [-0.15, -0.1) is 0 Å². The van der Waals surface area contributed by atoms with Crippen LogP contribution in [0.1, 0.15) is 21.6 Å². The number of nitrogen functional groups attached to an aromatic ring is 2. The van der Waals surface area contributed by atoms with Gasteiger partial charge in [0.25, 0.3) is 0 Å². The van der Waals surface area contributed by atoms with Crippen molar-refractivity contribution in [2.24, 2.45) is 0 Å². The van der Waals surface area contributed by atoms with Crippen LogP contribution in [0.5, 0.6) is 0 Å². The van der Waals surface area contributed by atoms with Crippen molar-refractivity contribution in [3.63, 3.8) is 0 Å². The predicted molar refractivity (Wildman–Crippen MR) is 84.8 cm³/mol. The van der Waals surface area contributed by atoms with Crippen LogP contribution in [-0.4, -0.2) is 31.0 Å². The lowest BCUT2D eigenvalue weighted by Gasteiger charge is -2.05. The first kappa shape index (κ1) is 14.6. The molecule has 116 valence electrons. The Bertz CT molecular complexity index is 879. The molecule has 23 heavy (non-hydrogen) atoms. The minimum Gasteiger partial charge on any atom is -0.478 e. The molecule has 0 aliphatic rings. The molecule has 8 heteroatoms. The maximum absolute atomic E-state index is 10.8. The van der Waals surface area contributed by atoms with E-state index in [0.717, 1.165) is 11.3 Å². The van der Waals surface area contributed by atoms with Crippen LogP contribution in [-0.2, 0) is 12.8 Å². The third kappa shape index (κ3) is 3.15. The van der Waals surface area contributed by atoms with E-state index in [9.17, 15) is 4.79 Å². The quantitative estimate of drug-likeness (QED) is 0.649. The maximum Gasteiger partial charge on any atom is 0.335 e. The van der Waals surface area contributed by atoms with E-state index >= 15 is 0 Å². The number of aromatic nitrogens is 4. The highest BCUT2D eigenvalue weighted by atomic mass is 16.4. The van der Waals surface area contributed by atoms with Crippen LogP contribution in [0.3, 0.4) is 0 Å². The number of fused-ring (bicyclic) bond motifs is 1. The second-order valence-electron chi connectivity index (χ2n) is 5.00. The fourth-order valence-corrected chi connectivity index (χ4v) is 2.19. The Balaban J connectivity index is 1.78. The summed E-state index contributed by atoms with van der Waals surface area (Å²) in [5.74, 6) is -0.671. The molecule has 1 aromatic carbocycles. The number of aromatic carboxylic acids is 1. The van der Waals surface area contributed by atoms with E-state index < -0.39 is 5.97 Å². The van der Waals surface area contributed by atoms with Crippen LogP contribution in [0.25, 0.3) is 11.2 Å². The zero-order chi connectivity index (χ0) is 16.4. The number of hydrogen-bond donors (Lipinski definition) is 3. The van der Waals surface area contributed by atoms with Gasteiger partial charge < -0.3 is 16.6 Å². The number of anilines is 2. The zero-order valence-electron chi connectivity index (χ0n) is 12.1. The third-order valence-corrected chi connectivity index (χ3v) is 3.37. The number of rotatable bonds is 4. The Kier molecular flexibility index (Phi) is 3.71. The number of nitrogens with two attached hydrogens (primary N) is 2. The predicted octanol–water partition coefficient (Wildman–Crippen LogP) is 1.07. The van der Waals surface area contributed by atoms with E-state index in [1.165, 1.54) is 0 Å². The molecule has 2 aromatic heterocycles. The second-order valence-corrected chi connectivity index (χ2v) is 5.00. The molecule has 0 fully saturated rings. The smallest absolute Gasteiger partial charge is 0.335 e. The summed E-state index contributed by atoms with van der Waals surface area (Å²) in [5, 5.41) is 8.88. The molecule has 8 nitrogen and oxygen atoms in total. The van der Waals surface area contributed by atoms with Gasteiger partial charge in [0.05, 0.1) is 17.5 Å². The standard InChI is InChI=1S/C15H14N6O2/c16-12-11-13(21-15(17)20-12)18-7-10(19-11)6-3-8-1-4-9(5-2-8)14(22)23/h1-2,4-5,7H,3,6H2,(H,22,23)(H4,16,17,18,20,21). The molecule has 5 N–H and O–H groups in total. The monoisotopic (exact) mass is 310 g/mol. The highest BCUT2D eigenvalue weighted by molar-refractivity contribution is 5.87. The summed E-state index contributed by atoms with van der Waals surface area (Å²) in [6.07, 6.45) is 2.97. The summed E-state index contributed by atoms with van der Waals surface area (Å²) in [6, 6.07) is 6.74. The van der Waals surface area contributed by atoms with Crippen LogP contribution in [0.4, 0.5) is 11.8 Å². The number of hydrogen-bond acceptors (Lipinski definition) is 7. The number of carboxylic acid groups (broad SMARTS) is 1. The highest BCUT2D eigenvalue weighted by Crippen LogP contribution is 2.15. The molecule has 0 saturated carbocycles. The van der Waals surface area contributed by atoms with Gasteiger partial charge in [0, 0.05) is 0 Å². The van der Waals surface area contributed by atoms with Crippen LogP contribution in [0.15, 0.2) is 30.5 Å². The van der Waals surface area contributed by atoms with Crippen LogP contribution < -0.4 is 11.5 Å². The minimum absolute atomic E-state index is 0.0653. The molecule has 3 aromatic rings. The molecule has 0 spiro atoms. The highest BCUT2D eigenvalue weighted by Gasteiger charge is 2.08. The summed E-state index contributed by atoms with van der Waals surface area (Å²) in [7, 11) is 0. The maximum atomic E-state index is 10.8. The fraction of sp³-hybridized carbons (Fsp3) is 0.133. The van der Waals surface area contributed by atoms with Gasteiger partial charge in [0.15, 0.2) is 17.0 Å². The molecular weight excluding hydrogens is 296 g/mol. The summed E-state index contributed by atoms with van der Waals surface area (Å²) < 4.78 is 0. The first-order valence-electron chi connectivity index (χ1n) is 6.90. The fourth-order valence-electron chi connectivity index (χ4n) is 2.19. The van der Waals surface area contributed by atoms with Crippen molar-refractivity contribution in [2.45, 2.75) is 12.8 Å². The van der Waals surface area contributed by atoms with E-state index in [1.807, 2.05) is 0 Å². The zero-order valence-corrected chi connectivity index (χ0v) is 12.1. The Morgan fingerprint density at radius 3 is 2.48 bits per heavy atom. The minimum atomic E-state index is -0.938. The van der Waals surface area contributed by atoms with Crippen molar-refractivity contribution in [2.75, 3.05) is 11.5 Å². The third-order valence-electron chi connectivity index (χ3n) is 3.37. The Hall–Kier alpha value is -3.29. The largest absolute Gasteiger partial charge is 0.478 e. The lowest BCUT2D eigenvalue weighted by Crippen LogP contribution is -2.05. The van der Waals surface area contributed by atoms with Crippen molar-refractivity contribution in [1.82, 2.24) is 19.9 Å². The lowest BCUT2D eigenvalue weighted by atomic mass is 10.1. The van der Waals surface area contributed by atoms with Crippen LogP contribution in [0.2, 0.25) is 0 Å². The van der Waals surface area contributed by atoms with Crippen molar-refractivity contribution < 1.29 is 9.90 Å². The van der Waals surface area contributed by atoms with Crippen molar-refractivity contribution >= 4 is 28.9 Å². The van der Waals surface area contributed by atoms with Gasteiger partial charge in [-0.2, -0.15) is 9.97 Å². The summed E-state index contributed by atoms with van der Waals surface area (Å²) >= 11 is 0. The summed E-state index contributed by atoms with van der Waals surface area (Å²) in [6.45, 7) is 0. The van der Waals surface area contributed by atoms with Crippen molar-refractivity contribution in [1.29, 1.82) is 0 Å². The topological polar surface area (TPSA) is 141 Å². The molecule has 3 rings (SSSR count). The lowest BCUT2D eigenvalue weighted by molar-refractivity contribution is 0.0697. The van der Waals surface area contributed by atoms with Gasteiger partial charge in [-0.3, -0.25) is 0 Å². The molecule has 0 unspecified atom stereocenters. The van der Waals surface area contributed by atoms with Crippen LogP contribution in [0, 0.1) is 0 Å². The normalized spacial score (nSPS) is 10.8. The molecule has 2 heterocycles. The van der Waals surface area contributed by atoms with Gasteiger partial charge in [0.1, 0.15) is 0 Å². The van der Waals surface area contributed by atoms with Gasteiger partial charge >= 0.3 is 5.97 Å². The SMILES string of the molecule is Nc1nc(N)c2nc(CCc3ccc(C(=O)O)cc3)cnc2n1. The number of aryl methyl sites for hydroxylation is 2. The Labute approximate surface area is 131 Å². The molecule has 0 amide bonds. The van der Waals surface area contributed by atoms with Gasteiger partial charge in [-0.1, -0.05) is 12.1 Å². The molecular formula is C15H14N6O2. The van der Waals surface area contributed by atoms with E-state index in [-0.39, 0.29) is 17.3 Å². The first-order valence-corrected chi connectivity index (χ1v) is 6.90. The summed E-state index contributed by atoms with van der Waals surface area (Å²) in [4.78, 5) is 27.3. The Morgan fingerprint density at radius 1 is 1.04 bits per heavy atom. The molecule has 0 atom stereocenters. The van der Waals surface area contributed by atoms with Gasteiger partial charge in [0.2, 0.25) is 5.95 Å². The first-order chi connectivity index (χ1) is 11.0. The Morgan fingerprint density at radius 2 is 1.78 bits per heavy atom. The van der Waals surface area contributed by atoms with E-state index in [1.54, 1.807) is 30.5 Å². The summed E-state index contributed by atoms with van der Waals surface area (Å²) in [5.41, 5.74) is 14.1. The van der Waals surface area contributed by atoms with Gasteiger partial charge in [-0.05, 0) is 30.5 Å². The van der Waals surface area contributed by atoms with E-state index in [4.69, 9.17) is 16.6 Å². The van der Waals surface area contributed by atoms with Crippen molar-refractivity contribution in [3.8, 4) is 0 Å². The number of carboxylic acids is 1. The molecule has 0 aliphatic heterocycles. The van der Waals surface area contributed by atoms with Gasteiger partial charge in [-0.25, -0.2) is 14.8 Å². The number of nitrogens with zero attached hydrogens (tertiary/aromatic N) is 4. The van der Waals surface area contributed by atoms with E-state index in [2.05, 4.69) is 19.9 Å². The molecule has 0 saturated heterocycles.